The van der Waals surface area contributed by atoms with Crippen LogP contribution in [0, 0.1) is 0 Å². The molecule has 0 radical (unpaired) electrons. The lowest BCUT2D eigenvalue weighted by Gasteiger charge is -2.10. The van der Waals surface area contributed by atoms with Crippen molar-refractivity contribution >= 4 is 12.0 Å². The smallest absolute Gasteiger partial charge is 0.328 e. The Labute approximate surface area is 99.2 Å². The van der Waals surface area contributed by atoms with Gasteiger partial charge in [-0.2, -0.15) is 0 Å². The van der Waals surface area contributed by atoms with Gasteiger partial charge in [0.2, 0.25) is 0 Å². The summed E-state index contributed by atoms with van der Waals surface area (Å²) in [5, 5.41) is 8.51. The van der Waals surface area contributed by atoms with Gasteiger partial charge >= 0.3 is 5.97 Å². The van der Waals surface area contributed by atoms with Crippen LogP contribution in [0.2, 0.25) is 0 Å². The van der Waals surface area contributed by atoms with Gasteiger partial charge < -0.3 is 19.3 Å². The molecule has 0 spiro atoms. The normalized spacial score (nSPS) is 10.5. The van der Waals surface area contributed by atoms with Crippen molar-refractivity contribution < 1.29 is 24.1 Å². The van der Waals surface area contributed by atoms with Crippen molar-refractivity contribution in [3.63, 3.8) is 0 Å². The highest BCUT2D eigenvalue weighted by atomic mass is 16.7. The van der Waals surface area contributed by atoms with E-state index in [1.807, 2.05) is 0 Å². The molecule has 0 saturated heterocycles. The summed E-state index contributed by atoms with van der Waals surface area (Å²) >= 11 is 0. The lowest BCUT2D eigenvalue weighted by molar-refractivity contribution is -0.131. The molecule has 1 aromatic rings. The molecule has 1 N–H and O–H groups in total. The maximum atomic E-state index is 10.4. The average Bonchev–Trinajstić information content (AvgIpc) is 2.34. The molecule has 0 aliphatic heterocycles. The van der Waals surface area contributed by atoms with E-state index in [1.54, 1.807) is 18.2 Å². The first-order valence-corrected chi connectivity index (χ1v) is 4.88. The molecule has 1 rings (SSSR count). The van der Waals surface area contributed by atoms with Crippen LogP contribution in [0.25, 0.3) is 6.08 Å². The van der Waals surface area contributed by atoms with E-state index < -0.39 is 5.97 Å². The standard InChI is InChI=1S/C12H14O5/c1-15-8-17-10-5-3-9(4-6-12(13)14)7-11(10)16-2/h3-7H,8H2,1-2H3,(H,13,14)/b6-4+. The number of benzene rings is 1. The SMILES string of the molecule is COCOc1ccc(/C=C/C(=O)O)cc1OC. The molecule has 0 atom stereocenters. The lowest BCUT2D eigenvalue weighted by atomic mass is 10.2. The molecule has 5 nitrogen and oxygen atoms in total. The Balaban J connectivity index is 2.87. The van der Waals surface area contributed by atoms with Crippen molar-refractivity contribution in [2.45, 2.75) is 0 Å². The van der Waals surface area contributed by atoms with Crippen molar-refractivity contribution in [3.8, 4) is 11.5 Å². The molecule has 5 heteroatoms. The molecule has 0 aliphatic rings. The number of methoxy groups -OCH3 is 2. The Kier molecular flexibility index (Phi) is 5.03. The van der Waals surface area contributed by atoms with Crippen LogP contribution in [0.1, 0.15) is 5.56 Å². The maximum Gasteiger partial charge on any atom is 0.328 e. The first kappa shape index (κ1) is 13.1. The summed E-state index contributed by atoms with van der Waals surface area (Å²) in [6.07, 6.45) is 2.54. The van der Waals surface area contributed by atoms with Crippen molar-refractivity contribution in [1.29, 1.82) is 0 Å². The number of hydrogen-bond donors (Lipinski definition) is 1. The van der Waals surface area contributed by atoms with Crippen molar-refractivity contribution in [2.75, 3.05) is 21.0 Å². The summed E-state index contributed by atoms with van der Waals surface area (Å²) in [5.74, 6) is 0.0695. The Hall–Kier alpha value is -2.01. The van der Waals surface area contributed by atoms with E-state index in [1.165, 1.54) is 20.3 Å². The highest BCUT2D eigenvalue weighted by Gasteiger charge is 2.04. The lowest BCUT2D eigenvalue weighted by Crippen LogP contribution is -2.00. The van der Waals surface area contributed by atoms with Crippen LogP contribution in [-0.4, -0.2) is 32.1 Å². The highest BCUT2D eigenvalue weighted by Crippen LogP contribution is 2.28. The molecule has 17 heavy (non-hydrogen) atoms. The molecule has 0 saturated carbocycles. The fraction of sp³-hybridized carbons (Fsp3) is 0.250. The van der Waals surface area contributed by atoms with Crippen molar-refractivity contribution in [2.24, 2.45) is 0 Å². The van der Waals surface area contributed by atoms with Gasteiger partial charge in [-0.05, 0) is 23.8 Å². The summed E-state index contributed by atoms with van der Waals surface area (Å²) < 4.78 is 15.2. The predicted octanol–water partition coefficient (Wildman–Crippen LogP) is 1.78. The molecule has 92 valence electrons. The summed E-state index contributed by atoms with van der Waals surface area (Å²) in [6.45, 7) is 0.126. The van der Waals surface area contributed by atoms with Crippen LogP contribution >= 0.6 is 0 Å². The molecule has 1 aromatic carbocycles. The molecule has 0 aliphatic carbocycles. The molecule has 0 aromatic heterocycles. The van der Waals surface area contributed by atoms with E-state index in [0.717, 1.165) is 6.08 Å². The van der Waals surface area contributed by atoms with Crippen LogP contribution in [-0.2, 0) is 9.53 Å². The largest absolute Gasteiger partial charge is 0.493 e. The molecular weight excluding hydrogens is 224 g/mol. The van der Waals surface area contributed by atoms with Crippen LogP contribution in [0.4, 0.5) is 0 Å². The van der Waals surface area contributed by atoms with Gasteiger partial charge in [-0.15, -0.1) is 0 Å². The van der Waals surface area contributed by atoms with Gasteiger partial charge in [-0.25, -0.2) is 4.79 Å². The van der Waals surface area contributed by atoms with Gasteiger partial charge in [-0.3, -0.25) is 0 Å². The first-order chi connectivity index (χ1) is 8.17. The van der Waals surface area contributed by atoms with Gasteiger partial charge in [0.25, 0.3) is 0 Å². The summed E-state index contributed by atoms with van der Waals surface area (Å²) in [4.78, 5) is 10.4. The van der Waals surface area contributed by atoms with E-state index in [9.17, 15) is 4.79 Å². The monoisotopic (exact) mass is 238 g/mol. The molecule has 0 unspecified atom stereocenters. The van der Waals surface area contributed by atoms with E-state index in [4.69, 9.17) is 19.3 Å². The molecule has 0 heterocycles. The third-order valence-corrected chi connectivity index (χ3v) is 1.94. The minimum absolute atomic E-state index is 0.126. The third kappa shape index (κ3) is 4.16. The number of carboxylic acid groups (broad SMARTS) is 1. The van der Waals surface area contributed by atoms with Gasteiger partial charge in [0.15, 0.2) is 18.3 Å². The second-order valence-electron chi connectivity index (χ2n) is 3.13. The number of hydrogen-bond acceptors (Lipinski definition) is 4. The number of rotatable bonds is 6. The van der Waals surface area contributed by atoms with E-state index >= 15 is 0 Å². The van der Waals surface area contributed by atoms with Gasteiger partial charge in [-0.1, -0.05) is 6.07 Å². The van der Waals surface area contributed by atoms with Crippen LogP contribution in [0.3, 0.4) is 0 Å². The number of ether oxygens (including phenoxy) is 3. The number of carbonyl (C=O) groups is 1. The van der Waals surface area contributed by atoms with E-state index in [0.29, 0.717) is 17.1 Å². The van der Waals surface area contributed by atoms with Crippen LogP contribution < -0.4 is 9.47 Å². The van der Waals surface area contributed by atoms with Gasteiger partial charge in [0.1, 0.15) is 0 Å². The fourth-order valence-corrected chi connectivity index (χ4v) is 1.20. The zero-order valence-electron chi connectivity index (χ0n) is 9.67. The molecule has 0 bridgehead atoms. The predicted molar refractivity (Wildman–Crippen MR) is 62.2 cm³/mol. The summed E-state index contributed by atoms with van der Waals surface area (Å²) in [6, 6.07) is 5.11. The minimum atomic E-state index is -0.997. The second kappa shape index (κ2) is 6.55. The van der Waals surface area contributed by atoms with E-state index in [2.05, 4.69) is 0 Å². The Morgan fingerprint density at radius 2 is 2.12 bits per heavy atom. The van der Waals surface area contributed by atoms with Gasteiger partial charge in [0.05, 0.1) is 7.11 Å². The zero-order chi connectivity index (χ0) is 12.7. The molecule has 0 amide bonds. The third-order valence-electron chi connectivity index (χ3n) is 1.94. The summed E-state index contributed by atoms with van der Waals surface area (Å²) in [5.41, 5.74) is 0.717. The fourth-order valence-electron chi connectivity index (χ4n) is 1.20. The highest BCUT2D eigenvalue weighted by molar-refractivity contribution is 5.85. The number of carboxylic acids is 1. The molecule has 0 fully saturated rings. The number of aliphatic carboxylic acids is 1. The minimum Gasteiger partial charge on any atom is -0.493 e. The zero-order valence-corrected chi connectivity index (χ0v) is 9.67. The Morgan fingerprint density at radius 1 is 1.35 bits per heavy atom. The van der Waals surface area contributed by atoms with Crippen molar-refractivity contribution in [1.82, 2.24) is 0 Å². The topological polar surface area (TPSA) is 65.0 Å². The summed E-state index contributed by atoms with van der Waals surface area (Å²) in [7, 11) is 3.04. The van der Waals surface area contributed by atoms with Crippen molar-refractivity contribution in [3.05, 3.63) is 29.8 Å². The Morgan fingerprint density at radius 3 is 2.71 bits per heavy atom. The quantitative estimate of drug-likeness (QED) is 0.604. The maximum absolute atomic E-state index is 10.4. The molecular formula is C12H14O5. The Bertz CT molecular complexity index is 411. The second-order valence-corrected chi connectivity index (χ2v) is 3.13. The first-order valence-electron chi connectivity index (χ1n) is 4.88. The van der Waals surface area contributed by atoms with Crippen LogP contribution in [0.15, 0.2) is 24.3 Å². The van der Waals surface area contributed by atoms with Crippen LogP contribution in [0.5, 0.6) is 11.5 Å². The van der Waals surface area contributed by atoms with Gasteiger partial charge in [0, 0.05) is 13.2 Å². The average molecular weight is 238 g/mol. The van der Waals surface area contributed by atoms with E-state index in [-0.39, 0.29) is 6.79 Å².